The van der Waals surface area contributed by atoms with Gasteiger partial charge in [0.2, 0.25) is 0 Å². The summed E-state index contributed by atoms with van der Waals surface area (Å²) in [4.78, 5) is 24.0. The third kappa shape index (κ3) is 2.82. The second-order valence-corrected chi connectivity index (χ2v) is 6.23. The highest BCUT2D eigenvalue weighted by Gasteiger charge is 2.52. The highest BCUT2D eigenvalue weighted by Crippen LogP contribution is 2.39. The minimum atomic E-state index is -0.782. The maximum absolute atomic E-state index is 12.1. The van der Waals surface area contributed by atoms with Crippen molar-refractivity contribution in [2.75, 3.05) is 14.2 Å². The lowest BCUT2D eigenvalue weighted by atomic mass is 9.79. The zero-order valence-electron chi connectivity index (χ0n) is 12.6. The number of hydrogen-bond acceptors (Lipinski definition) is 5. The molecule has 0 aromatic heterocycles. The van der Waals surface area contributed by atoms with Gasteiger partial charge in [-0.2, -0.15) is 0 Å². The molecule has 1 N–H and O–H groups in total. The van der Waals surface area contributed by atoms with E-state index in [1.807, 2.05) is 6.92 Å². The molecule has 0 aromatic carbocycles. The SMILES string of the molecule is COC(=O)[C@H]1C[C@](C)(C(=O)OC)N[C@H]1C1CCCCC1. The summed E-state index contributed by atoms with van der Waals surface area (Å²) in [6.45, 7) is 1.82. The molecule has 3 atom stereocenters. The summed E-state index contributed by atoms with van der Waals surface area (Å²) >= 11 is 0. The first-order chi connectivity index (χ1) is 9.51. The summed E-state index contributed by atoms with van der Waals surface area (Å²) in [5, 5.41) is 3.38. The molecule has 1 saturated heterocycles. The van der Waals surface area contributed by atoms with E-state index in [1.165, 1.54) is 33.5 Å². The molecule has 114 valence electrons. The molecule has 0 amide bonds. The van der Waals surface area contributed by atoms with Crippen molar-refractivity contribution in [2.24, 2.45) is 11.8 Å². The van der Waals surface area contributed by atoms with Crippen LogP contribution < -0.4 is 5.32 Å². The lowest BCUT2D eigenvalue weighted by Gasteiger charge is -2.31. The summed E-state index contributed by atoms with van der Waals surface area (Å²) < 4.78 is 9.81. The Morgan fingerprint density at radius 3 is 2.30 bits per heavy atom. The number of ether oxygens (including phenoxy) is 2. The third-order valence-electron chi connectivity index (χ3n) is 4.84. The van der Waals surface area contributed by atoms with E-state index < -0.39 is 5.54 Å². The van der Waals surface area contributed by atoms with E-state index in [4.69, 9.17) is 9.47 Å². The van der Waals surface area contributed by atoms with Crippen molar-refractivity contribution in [3.63, 3.8) is 0 Å². The van der Waals surface area contributed by atoms with Gasteiger partial charge >= 0.3 is 11.9 Å². The Kier molecular flexibility index (Phi) is 4.68. The predicted octanol–water partition coefficient (Wildman–Crippen LogP) is 1.65. The van der Waals surface area contributed by atoms with E-state index in [2.05, 4.69) is 5.32 Å². The number of rotatable bonds is 3. The van der Waals surface area contributed by atoms with Crippen molar-refractivity contribution in [3.8, 4) is 0 Å². The lowest BCUT2D eigenvalue weighted by molar-refractivity contribution is -0.148. The molecular weight excluding hydrogens is 258 g/mol. The van der Waals surface area contributed by atoms with Gasteiger partial charge in [0, 0.05) is 6.04 Å². The van der Waals surface area contributed by atoms with E-state index in [1.54, 1.807) is 0 Å². The Morgan fingerprint density at radius 1 is 1.10 bits per heavy atom. The minimum absolute atomic E-state index is 0.0202. The van der Waals surface area contributed by atoms with Gasteiger partial charge in [-0.15, -0.1) is 0 Å². The van der Waals surface area contributed by atoms with Crippen LogP contribution in [0.1, 0.15) is 45.4 Å². The molecule has 5 nitrogen and oxygen atoms in total. The maximum atomic E-state index is 12.1. The van der Waals surface area contributed by atoms with Crippen LogP contribution >= 0.6 is 0 Å². The Balaban J connectivity index is 2.18. The summed E-state index contributed by atoms with van der Waals surface area (Å²) in [6.07, 6.45) is 6.34. The van der Waals surface area contributed by atoms with E-state index >= 15 is 0 Å². The standard InChI is InChI=1S/C15H25NO4/c1-15(14(18)20-3)9-11(13(17)19-2)12(16-15)10-7-5-4-6-8-10/h10-12,16H,4-9H2,1-3H3/t11-,12-,15+/m0/s1. The van der Waals surface area contributed by atoms with E-state index in [0.717, 1.165) is 12.8 Å². The van der Waals surface area contributed by atoms with Crippen molar-refractivity contribution in [2.45, 2.75) is 57.0 Å². The normalized spacial score (nSPS) is 34.8. The number of methoxy groups -OCH3 is 2. The van der Waals surface area contributed by atoms with Crippen LogP contribution in [0.4, 0.5) is 0 Å². The van der Waals surface area contributed by atoms with E-state index in [0.29, 0.717) is 12.3 Å². The van der Waals surface area contributed by atoms with Crippen LogP contribution in [-0.4, -0.2) is 37.7 Å². The summed E-state index contributed by atoms with van der Waals surface area (Å²) in [5.41, 5.74) is -0.782. The minimum Gasteiger partial charge on any atom is -0.469 e. The molecule has 0 bridgehead atoms. The van der Waals surface area contributed by atoms with Gasteiger partial charge in [0.15, 0.2) is 0 Å². The molecule has 20 heavy (non-hydrogen) atoms. The van der Waals surface area contributed by atoms with Gasteiger partial charge in [0.25, 0.3) is 0 Å². The van der Waals surface area contributed by atoms with Crippen molar-refractivity contribution in [1.29, 1.82) is 0 Å². The average molecular weight is 283 g/mol. The van der Waals surface area contributed by atoms with Crippen molar-refractivity contribution in [3.05, 3.63) is 0 Å². The molecule has 0 aromatic rings. The first-order valence-corrected chi connectivity index (χ1v) is 7.46. The number of hydrogen-bond donors (Lipinski definition) is 1. The number of esters is 2. The predicted molar refractivity (Wildman–Crippen MR) is 74.0 cm³/mol. The Hall–Kier alpha value is -1.10. The highest BCUT2D eigenvalue weighted by atomic mass is 16.5. The van der Waals surface area contributed by atoms with Crippen LogP contribution in [-0.2, 0) is 19.1 Å². The maximum Gasteiger partial charge on any atom is 0.325 e. The van der Waals surface area contributed by atoms with Gasteiger partial charge < -0.3 is 9.47 Å². The van der Waals surface area contributed by atoms with E-state index in [9.17, 15) is 9.59 Å². The molecule has 0 spiro atoms. The van der Waals surface area contributed by atoms with Gasteiger partial charge in [0.05, 0.1) is 20.1 Å². The van der Waals surface area contributed by atoms with Gasteiger partial charge in [-0.1, -0.05) is 19.3 Å². The molecule has 2 aliphatic rings. The molecule has 0 unspecified atom stereocenters. The van der Waals surface area contributed by atoms with Gasteiger partial charge in [-0.3, -0.25) is 14.9 Å². The Bertz CT molecular complexity index is 378. The molecule has 1 aliphatic carbocycles. The van der Waals surface area contributed by atoms with Crippen molar-refractivity contribution >= 4 is 11.9 Å². The summed E-state index contributed by atoms with van der Waals surface area (Å²) in [6, 6.07) is 0.0202. The molecule has 2 fully saturated rings. The second kappa shape index (κ2) is 6.12. The monoisotopic (exact) mass is 283 g/mol. The summed E-state index contributed by atoms with van der Waals surface area (Å²) in [5.74, 6) is -0.336. The van der Waals surface area contributed by atoms with Crippen LogP contribution in [0.5, 0.6) is 0 Å². The Labute approximate surface area is 120 Å². The first-order valence-electron chi connectivity index (χ1n) is 7.46. The zero-order valence-corrected chi connectivity index (χ0v) is 12.6. The number of carbonyl (C=O) groups is 2. The lowest BCUT2D eigenvalue weighted by Crippen LogP contribution is -2.50. The van der Waals surface area contributed by atoms with Crippen molar-refractivity contribution in [1.82, 2.24) is 5.32 Å². The zero-order chi connectivity index (χ0) is 14.8. The van der Waals surface area contributed by atoms with Crippen LogP contribution in [0.3, 0.4) is 0 Å². The first kappa shape index (κ1) is 15.3. The molecule has 0 radical (unpaired) electrons. The van der Waals surface area contributed by atoms with Gasteiger partial charge in [-0.05, 0) is 32.1 Å². The molecule has 1 aliphatic heterocycles. The largest absolute Gasteiger partial charge is 0.469 e. The fourth-order valence-corrected chi connectivity index (χ4v) is 3.78. The topological polar surface area (TPSA) is 64.6 Å². The van der Waals surface area contributed by atoms with Gasteiger partial charge in [-0.25, -0.2) is 0 Å². The third-order valence-corrected chi connectivity index (χ3v) is 4.84. The molecule has 1 heterocycles. The Morgan fingerprint density at radius 2 is 1.75 bits per heavy atom. The van der Waals surface area contributed by atoms with Crippen LogP contribution in [0.25, 0.3) is 0 Å². The molecule has 2 rings (SSSR count). The smallest absolute Gasteiger partial charge is 0.325 e. The van der Waals surface area contributed by atoms with Crippen LogP contribution in [0.15, 0.2) is 0 Å². The van der Waals surface area contributed by atoms with Crippen molar-refractivity contribution < 1.29 is 19.1 Å². The summed E-state index contributed by atoms with van der Waals surface area (Å²) in [7, 11) is 2.80. The van der Waals surface area contributed by atoms with E-state index in [-0.39, 0.29) is 23.9 Å². The number of nitrogens with one attached hydrogen (secondary N) is 1. The van der Waals surface area contributed by atoms with Crippen LogP contribution in [0, 0.1) is 11.8 Å². The highest BCUT2D eigenvalue weighted by molar-refractivity contribution is 5.83. The second-order valence-electron chi connectivity index (χ2n) is 6.23. The molecule has 1 saturated carbocycles. The average Bonchev–Trinajstić information content (AvgIpc) is 2.86. The van der Waals surface area contributed by atoms with Crippen LogP contribution in [0.2, 0.25) is 0 Å². The molecule has 5 heteroatoms. The fourth-order valence-electron chi connectivity index (χ4n) is 3.78. The number of carbonyl (C=O) groups excluding carboxylic acids is 2. The fraction of sp³-hybridized carbons (Fsp3) is 0.867. The van der Waals surface area contributed by atoms with Gasteiger partial charge in [0.1, 0.15) is 5.54 Å². The quantitative estimate of drug-likeness (QED) is 0.798. The molecular formula is C15H25NO4.